The van der Waals surface area contributed by atoms with Crippen LogP contribution in [0.1, 0.15) is 67.5 Å². The van der Waals surface area contributed by atoms with Crippen LogP contribution >= 0.6 is 0 Å². The van der Waals surface area contributed by atoms with E-state index in [0.29, 0.717) is 23.5 Å². The Labute approximate surface area is 189 Å². The van der Waals surface area contributed by atoms with Crippen LogP contribution in [0, 0.1) is 0 Å². The summed E-state index contributed by atoms with van der Waals surface area (Å²) in [4.78, 5) is 35.0. The molecule has 0 aromatic carbocycles. The summed E-state index contributed by atoms with van der Waals surface area (Å²) < 4.78 is 33.6. The van der Waals surface area contributed by atoms with E-state index in [9.17, 15) is 18.4 Å². The number of aromatic nitrogens is 3. The Morgan fingerprint density at radius 2 is 2.03 bits per heavy atom. The van der Waals surface area contributed by atoms with Gasteiger partial charge in [-0.3, -0.25) is 9.59 Å². The van der Waals surface area contributed by atoms with E-state index in [1.165, 1.54) is 18.2 Å². The van der Waals surface area contributed by atoms with Gasteiger partial charge in [0.15, 0.2) is 0 Å². The van der Waals surface area contributed by atoms with Crippen LogP contribution in [0.15, 0.2) is 36.7 Å². The normalized spacial score (nSPS) is 16.6. The number of nitrogens with zero attached hydrogens (tertiary/aromatic N) is 4. The number of hydrogen-bond donors (Lipinski definition) is 1. The molecule has 0 aliphatic carbocycles. The largest absolute Gasteiger partial charge is 0.489 e. The highest BCUT2D eigenvalue weighted by atomic mass is 19.3. The van der Waals surface area contributed by atoms with E-state index >= 15 is 0 Å². The van der Waals surface area contributed by atoms with Crippen molar-refractivity contribution in [2.45, 2.75) is 51.7 Å². The van der Waals surface area contributed by atoms with Crippen LogP contribution in [0.3, 0.4) is 0 Å². The van der Waals surface area contributed by atoms with Crippen molar-refractivity contribution < 1.29 is 23.1 Å². The van der Waals surface area contributed by atoms with Crippen molar-refractivity contribution >= 4 is 23.1 Å². The van der Waals surface area contributed by atoms with Gasteiger partial charge in [-0.2, -0.15) is 0 Å². The highest BCUT2D eigenvalue weighted by Crippen LogP contribution is 2.33. The summed E-state index contributed by atoms with van der Waals surface area (Å²) >= 11 is 0. The Balaban J connectivity index is 1.68. The van der Waals surface area contributed by atoms with Gasteiger partial charge in [-0.1, -0.05) is 6.07 Å². The minimum atomic E-state index is -2.77. The minimum Gasteiger partial charge on any atom is -0.489 e. The van der Waals surface area contributed by atoms with E-state index in [4.69, 9.17) is 4.74 Å². The van der Waals surface area contributed by atoms with Crippen LogP contribution in [-0.4, -0.2) is 44.2 Å². The van der Waals surface area contributed by atoms with Gasteiger partial charge in [-0.25, -0.2) is 18.7 Å². The molecule has 0 bridgehead atoms. The molecule has 1 saturated heterocycles. The maximum absolute atomic E-state index is 13.0. The number of nitrogens with one attached hydrogen (secondary N) is 1. The number of piperidine rings is 1. The number of fused-ring (bicyclic) bond motifs is 1. The first-order chi connectivity index (χ1) is 15.7. The number of rotatable bonds is 6. The van der Waals surface area contributed by atoms with Gasteiger partial charge in [0.2, 0.25) is 5.91 Å². The van der Waals surface area contributed by atoms with Crippen molar-refractivity contribution in [3.8, 4) is 5.75 Å². The van der Waals surface area contributed by atoms with Gasteiger partial charge in [0.1, 0.15) is 28.5 Å². The zero-order valence-corrected chi connectivity index (χ0v) is 18.6. The molecule has 0 saturated carbocycles. The fourth-order valence-corrected chi connectivity index (χ4v) is 3.86. The number of hydrogen-bond acceptors (Lipinski definition) is 5. The molecule has 4 rings (SSSR count). The fraction of sp³-hybridized carbons (Fsp3) is 0.391. The highest BCUT2D eigenvalue weighted by molar-refractivity contribution is 6.03. The van der Waals surface area contributed by atoms with Crippen molar-refractivity contribution in [3.63, 3.8) is 0 Å². The summed E-state index contributed by atoms with van der Waals surface area (Å²) in [5.41, 5.74) is 1.10. The number of halogens is 2. The van der Waals surface area contributed by atoms with E-state index in [0.717, 1.165) is 18.5 Å². The highest BCUT2D eigenvalue weighted by Gasteiger charge is 2.28. The summed E-state index contributed by atoms with van der Waals surface area (Å²) in [7, 11) is 1.77. The lowest BCUT2D eigenvalue weighted by Gasteiger charge is -2.31. The van der Waals surface area contributed by atoms with Crippen LogP contribution in [-0.2, 0) is 4.79 Å². The third-order valence-corrected chi connectivity index (χ3v) is 5.48. The number of imidazole rings is 1. The second-order valence-corrected chi connectivity index (χ2v) is 8.26. The average molecular weight is 457 g/mol. The van der Waals surface area contributed by atoms with Crippen molar-refractivity contribution in [1.82, 2.24) is 19.3 Å². The third-order valence-electron chi connectivity index (χ3n) is 5.48. The summed E-state index contributed by atoms with van der Waals surface area (Å²) in [6, 6.07) is 5.48. The van der Waals surface area contributed by atoms with E-state index < -0.39 is 18.0 Å². The summed E-state index contributed by atoms with van der Waals surface area (Å²) in [6.07, 6.45) is 2.67. The molecule has 3 aromatic heterocycles. The van der Waals surface area contributed by atoms with Crippen LogP contribution in [0.5, 0.6) is 5.75 Å². The quantitative estimate of drug-likeness (QED) is 0.593. The lowest BCUT2D eigenvalue weighted by Crippen LogP contribution is -2.34. The Morgan fingerprint density at radius 1 is 1.24 bits per heavy atom. The van der Waals surface area contributed by atoms with Crippen LogP contribution < -0.4 is 10.1 Å². The molecule has 2 amide bonds. The number of likely N-dealkylation sites (tertiary alicyclic amines) is 1. The molecular formula is C23H25F2N5O3. The van der Waals surface area contributed by atoms with Crippen LogP contribution in [0.25, 0.3) is 5.65 Å². The number of amides is 2. The molecule has 174 valence electrons. The molecule has 1 unspecified atom stereocenters. The van der Waals surface area contributed by atoms with Gasteiger partial charge >= 0.3 is 0 Å². The Morgan fingerprint density at radius 3 is 2.76 bits per heavy atom. The SMILES string of the molecule is CC(C)Oc1cc2nc(C3CCCC(=O)N3C)cn2cc1NC(=O)c1cccc(C(F)F)n1. The minimum absolute atomic E-state index is 0.0821. The first-order valence-corrected chi connectivity index (χ1v) is 10.7. The van der Waals surface area contributed by atoms with Gasteiger partial charge in [0.05, 0.1) is 17.8 Å². The van der Waals surface area contributed by atoms with Gasteiger partial charge in [-0.15, -0.1) is 0 Å². The number of carbonyl (C=O) groups excluding carboxylic acids is 2. The standard InChI is InChI=1S/C23H25F2N5O3/c1-13(2)33-19-10-20-27-16(18-8-5-9-21(31)29(18)3)11-30(20)12-17(19)28-23(32)15-7-4-6-14(26-15)22(24)25/h4,6-7,10-13,18,22H,5,8-9H2,1-3H3,(H,28,32). The maximum Gasteiger partial charge on any atom is 0.280 e. The first-order valence-electron chi connectivity index (χ1n) is 10.7. The zero-order valence-electron chi connectivity index (χ0n) is 18.6. The molecule has 1 N–H and O–H groups in total. The van der Waals surface area contributed by atoms with E-state index in [1.54, 1.807) is 28.6 Å². The van der Waals surface area contributed by atoms with Gasteiger partial charge < -0.3 is 19.4 Å². The van der Waals surface area contributed by atoms with E-state index in [-0.39, 0.29) is 23.7 Å². The molecule has 1 atom stereocenters. The van der Waals surface area contributed by atoms with Crippen molar-refractivity contribution in [2.24, 2.45) is 0 Å². The number of pyridine rings is 2. The number of ether oxygens (including phenoxy) is 1. The molecule has 1 aliphatic rings. The molecule has 1 aliphatic heterocycles. The van der Waals surface area contributed by atoms with Crippen molar-refractivity contribution in [2.75, 3.05) is 12.4 Å². The Bertz CT molecular complexity index is 1190. The molecule has 0 spiro atoms. The summed E-state index contributed by atoms with van der Waals surface area (Å²) in [5, 5.41) is 2.71. The topological polar surface area (TPSA) is 88.8 Å². The molecule has 0 radical (unpaired) electrons. The first kappa shape index (κ1) is 22.6. The number of carbonyl (C=O) groups is 2. The number of alkyl halides is 2. The molecule has 3 aromatic rings. The van der Waals surface area contributed by atoms with Gasteiger partial charge in [0, 0.05) is 31.9 Å². The summed E-state index contributed by atoms with van der Waals surface area (Å²) in [6.45, 7) is 3.70. The zero-order chi connectivity index (χ0) is 23.7. The van der Waals surface area contributed by atoms with E-state index in [2.05, 4.69) is 15.3 Å². The molecular weight excluding hydrogens is 432 g/mol. The molecule has 4 heterocycles. The van der Waals surface area contributed by atoms with Gasteiger partial charge in [-0.05, 0) is 38.8 Å². The Hall–Kier alpha value is -3.56. The smallest absolute Gasteiger partial charge is 0.280 e. The summed E-state index contributed by atoms with van der Waals surface area (Å²) in [5.74, 6) is -0.164. The lowest BCUT2D eigenvalue weighted by atomic mass is 10.0. The fourth-order valence-electron chi connectivity index (χ4n) is 3.86. The van der Waals surface area contributed by atoms with Gasteiger partial charge in [0.25, 0.3) is 12.3 Å². The predicted octanol–water partition coefficient (Wildman–Crippen LogP) is 4.39. The third kappa shape index (κ3) is 4.79. The second-order valence-electron chi connectivity index (χ2n) is 8.26. The average Bonchev–Trinajstić information content (AvgIpc) is 3.18. The predicted molar refractivity (Wildman–Crippen MR) is 117 cm³/mol. The molecule has 10 heteroatoms. The maximum atomic E-state index is 13.0. The van der Waals surface area contributed by atoms with Crippen molar-refractivity contribution in [3.05, 3.63) is 53.7 Å². The Kier molecular flexibility index (Phi) is 6.26. The molecule has 1 fully saturated rings. The van der Waals surface area contributed by atoms with Crippen LogP contribution in [0.2, 0.25) is 0 Å². The molecule has 8 nitrogen and oxygen atoms in total. The lowest BCUT2D eigenvalue weighted by molar-refractivity contribution is -0.134. The second kappa shape index (κ2) is 9.13. The molecule has 33 heavy (non-hydrogen) atoms. The number of anilines is 1. The van der Waals surface area contributed by atoms with Crippen molar-refractivity contribution in [1.29, 1.82) is 0 Å². The van der Waals surface area contributed by atoms with E-state index in [1.807, 2.05) is 20.0 Å². The monoisotopic (exact) mass is 457 g/mol. The van der Waals surface area contributed by atoms with Crippen LogP contribution in [0.4, 0.5) is 14.5 Å².